The lowest BCUT2D eigenvalue weighted by Crippen LogP contribution is -2.52. The maximum absolute atomic E-state index is 13.9. The van der Waals surface area contributed by atoms with Gasteiger partial charge in [-0.15, -0.1) is 0 Å². The molecule has 2 amide bonds. The highest BCUT2D eigenvalue weighted by atomic mass is 32.2. The Morgan fingerprint density at radius 2 is 2.02 bits per heavy atom. The number of fused-ring (bicyclic) bond motifs is 1. The van der Waals surface area contributed by atoms with Gasteiger partial charge in [-0.05, 0) is 35.7 Å². The van der Waals surface area contributed by atoms with Gasteiger partial charge in [0.25, 0.3) is 0 Å². The summed E-state index contributed by atoms with van der Waals surface area (Å²) in [6, 6.07) is 10.7. The van der Waals surface area contributed by atoms with Gasteiger partial charge >= 0.3 is 0 Å². The summed E-state index contributed by atoms with van der Waals surface area (Å²) in [4.78, 5) is 34.8. The first kappa shape index (κ1) is 30.4. The predicted molar refractivity (Wildman–Crippen MR) is 157 cm³/mol. The average molecular weight is 613 g/mol. The van der Waals surface area contributed by atoms with E-state index in [2.05, 4.69) is 25.3 Å². The molecule has 1 aliphatic carbocycles. The van der Waals surface area contributed by atoms with Crippen LogP contribution in [-0.4, -0.2) is 97.5 Å². The number of aromatic nitrogens is 2. The number of nitrogens with one attached hydrogen (secondary N) is 2. The maximum atomic E-state index is 13.9. The summed E-state index contributed by atoms with van der Waals surface area (Å²) in [5, 5.41) is 11.8. The first-order chi connectivity index (χ1) is 20.7. The van der Waals surface area contributed by atoms with Crippen LogP contribution in [0.4, 0.5) is 0 Å². The van der Waals surface area contributed by atoms with Gasteiger partial charge in [0.1, 0.15) is 12.4 Å². The van der Waals surface area contributed by atoms with E-state index in [1.807, 2.05) is 29.2 Å². The lowest BCUT2D eigenvalue weighted by atomic mass is 10.1. The third-order valence-corrected chi connectivity index (χ3v) is 8.83. The highest BCUT2D eigenvalue weighted by Gasteiger charge is 2.38. The molecule has 230 valence electrons. The zero-order chi connectivity index (χ0) is 30.4. The predicted octanol–water partition coefficient (Wildman–Crippen LogP) is 0.521. The fourth-order valence-corrected chi connectivity index (χ4v) is 6.27. The number of benzene rings is 2. The van der Waals surface area contributed by atoms with Crippen molar-refractivity contribution in [3.8, 4) is 0 Å². The van der Waals surface area contributed by atoms with Crippen LogP contribution in [0.25, 0.3) is 10.8 Å². The minimum absolute atomic E-state index is 0.00178. The SMILES string of the molecule is Cc1nc(CCN(C(=O)C(CC(=O)NCC2CN(C=NN)CCO2)NS(=O)(=O)c2ccc3ccccc3c2)C2CC2)no1. The molecule has 1 saturated heterocycles. The molecule has 2 heterocycles. The molecule has 0 bridgehead atoms. The van der Waals surface area contributed by atoms with Gasteiger partial charge < -0.3 is 30.2 Å². The van der Waals surface area contributed by atoms with Crippen molar-refractivity contribution in [2.24, 2.45) is 10.9 Å². The van der Waals surface area contributed by atoms with Gasteiger partial charge in [0, 0.05) is 45.6 Å². The van der Waals surface area contributed by atoms with Crippen molar-refractivity contribution in [1.29, 1.82) is 0 Å². The second-order valence-electron chi connectivity index (χ2n) is 10.7. The van der Waals surface area contributed by atoms with Crippen LogP contribution < -0.4 is 15.9 Å². The molecule has 2 aliphatic rings. The van der Waals surface area contributed by atoms with Crippen LogP contribution >= 0.6 is 0 Å². The van der Waals surface area contributed by atoms with E-state index in [9.17, 15) is 18.0 Å². The van der Waals surface area contributed by atoms with Crippen LogP contribution in [0.5, 0.6) is 0 Å². The number of amides is 2. The topological polar surface area (TPSA) is 185 Å². The molecule has 5 rings (SSSR count). The third-order valence-electron chi connectivity index (χ3n) is 7.36. The first-order valence-electron chi connectivity index (χ1n) is 14.2. The minimum Gasteiger partial charge on any atom is -0.373 e. The summed E-state index contributed by atoms with van der Waals surface area (Å²) in [7, 11) is -4.17. The quantitative estimate of drug-likeness (QED) is 0.106. The molecular formula is C28H36N8O6S. The second-order valence-corrected chi connectivity index (χ2v) is 12.4. The first-order valence-corrected chi connectivity index (χ1v) is 15.7. The molecule has 2 aromatic carbocycles. The number of morpholine rings is 1. The van der Waals surface area contributed by atoms with Crippen LogP contribution in [-0.2, 0) is 30.8 Å². The van der Waals surface area contributed by atoms with Gasteiger partial charge in [-0.25, -0.2) is 8.42 Å². The Labute approximate surface area is 249 Å². The molecule has 1 aromatic heterocycles. The summed E-state index contributed by atoms with van der Waals surface area (Å²) in [5.74, 6) is 5.14. The second kappa shape index (κ2) is 13.5. The summed E-state index contributed by atoms with van der Waals surface area (Å²) in [6.45, 7) is 3.65. The Morgan fingerprint density at radius 3 is 2.74 bits per heavy atom. The number of nitrogens with zero attached hydrogens (tertiary/aromatic N) is 5. The summed E-state index contributed by atoms with van der Waals surface area (Å²) in [6.07, 6.45) is 2.70. The molecule has 15 heteroatoms. The molecule has 0 radical (unpaired) electrons. The molecule has 2 unspecified atom stereocenters. The molecule has 14 nitrogen and oxygen atoms in total. The van der Waals surface area contributed by atoms with Crippen molar-refractivity contribution in [3.63, 3.8) is 0 Å². The normalized spacial score (nSPS) is 18.2. The highest BCUT2D eigenvalue weighted by Crippen LogP contribution is 2.28. The van der Waals surface area contributed by atoms with E-state index in [0.29, 0.717) is 37.8 Å². The van der Waals surface area contributed by atoms with Gasteiger partial charge in [-0.2, -0.15) is 14.8 Å². The number of rotatable bonds is 13. The van der Waals surface area contributed by atoms with Crippen LogP contribution in [0.3, 0.4) is 0 Å². The van der Waals surface area contributed by atoms with Crippen LogP contribution in [0.15, 0.2) is 57.0 Å². The smallest absolute Gasteiger partial charge is 0.241 e. The molecular weight excluding hydrogens is 576 g/mol. The number of hydrazone groups is 1. The average Bonchev–Trinajstić information content (AvgIpc) is 3.75. The van der Waals surface area contributed by atoms with E-state index in [-0.39, 0.29) is 30.1 Å². The van der Waals surface area contributed by atoms with E-state index in [1.165, 1.54) is 12.4 Å². The number of ether oxygens (including phenoxy) is 1. The van der Waals surface area contributed by atoms with Gasteiger partial charge in [0.05, 0.1) is 24.0 Å². The van der Waals surface area contributed by atoms with E-state index in [0.717, 1.165) is 23.6 Å². The summed E-state index contributed by atoms with van der Waals surface area (Å²) < 4.78 is 40.4. The Hall–Kier alpha value is -4.08. The monoisotopic (exact) mass is 612 g/mol. The van der Waals surface area contributed by atoms with Crippen molar-refractivity contribution in [1.82, 2.24) is 30.0 Å². The van der Waals surface area contributed by atoms with Gasteiger partial charge in [-0.1, -0.05) is 35.5 Å². The number of hydrogen-bond donors (Lipinski definition) is 3. The Bertz CT molecular complexity index is 1570. The number of nitrogens with two attached hydrogens (primary N) is 1. The molecule has 3 aromatic rings. The number of aryl methyl sites for hydroxylation is 1. The molecule has 2 fully saturated rings. The number of hydrogen-bond acceptors (Lipinski definition) is 10. The Balaban J connectivity index is 1.32. The molecule has 2 atom stereocenters. The number of carbonyl (C=O) groups excluding carboxylic acids is 2. The zero-order valence-electron chi connectivity index (χ0n) is 23.9. The van der Waals surface area contributed by atoms with Crippen molar-refractivity contribution in [3.05, 3.63) is 54.2 Å². The van der Waals surface area contributed by atoms with E-state index in [4.69, 9.17) is 15.1 Å². The highest BCUT2D eigenvalue weighted by molar-refractivity contribution is 7.89. The fraction of sp³-hybridized carbons (Fsp3) is 0.464. The molecule has 4 N–H and O–H groups in total. The van der Waals surface area contributed by atoms with E-state index >= 15 is 0 Å². The van der Waals surface area contributed by atoms with E-state index in [1.54, 1.807) is 24.0 Å². The maximum Gasteiger partial charge on any atom is 0.241 e. The lowest BCUT2D eigenvalue weighted by molar-refractivity contribution is -0.136. The van der Waals surface area contributed by atoms with Crippen molar-refractivity contribution >= 4 is 38.9 Å². The van der Waals surface area contributed by atoms with Crippen molar-refractivity contribution in [2.75, 3.05) is 32.8 Å². The Kier molecular flexibility index (Phi) is 9.52. The minimum atomic E-state index is -4.17. The van der Waals surface area contributed by atoms with E-state index < -0.39 is 34.3 Å². The van der Waals surface area contributed by atoms with Gasteiger partial charge in [-0.3, -0.25) is 9.59 Å². The van der Waals surface area contributed by atoms with Crippen LogP contribution in [0.1, 0.15) is 31.0 Å². The third kappa shape index (κ3) is 8.06. The standard InChI is InChI=1S/C28H36N8O6S/c1-19-32-26(33-42-19)10-11-36(22-7-8-22)28(38)25(15-27(37)30-16-23-17-35(18-31-29)12-13-41-23)34-43(39,40)24-9-6-20-4-2-3-5-21(20)14-24/h2-6,9,14,18,22-23,25,34H,7-8,10-13,15-17,29H2,1H3,(H,30,37). The number of carbonyl (C=O) groups is 2. The van der Waals surface area contributed by atoms with Crippen LogP contribution in [0.2, 0.25) is 0 Å². The molecule has 43 heavy (non-hydrogen) atoms. The zero-order valence-corrected chi connectivity index (χ0v) is 24.7. The number of sulfonamides is 1. The van der Waals surface area contributed by atoms with Crippen molar-refractivity contribution in [2.45, 2.75) is 55.7 Å². The molecule has 1 aliphatic heterocycles. The molecule has 0 spiro atoms. The summed E-state index contributed by atoms with van der Waals surface area (Å²) in [5.41, 5.74) is 0. The molecule has 1 saturated carbocycles. The lowest BCUT2D eigenvalue weighted by Gasteiger charge is -2.31. The Morgan fingerprint density at radius 1 is 1.23 bits per heavy atom. The van der Waals surface area contributed by atoms with Gasteiger partial charge in [0.15, 0.2) is 5.82 Å². The van der Waals surface area contributed by atoms with Gasteiger partial charge in [0.2, 0.25) is 27.7 Å². The van der Waals surface area contributed by atoms with Crippen LogP contribution in [0, 0.1) is 6.92 Å². The summed E-state index contributed by atoms with van der Waals surface area (Å²) >= 11 is 0. The largest absolute Gasteiger partial charge is 0.373 e. The fourth-order valence-electron chi connectivity index (χ4n) is 5.04. The van der Waals surface area contributed by atoms with Crippen molar-refractivity contribution < 1.29 is 27.3 Å².